The second kappa shape index (κ2) is 7.15. The number of nitrogens with zero attached hydrogens (tertiary/aromatic N) is 4. The van der Waals surface area contributed by atoms with E-state index in [-0.39, 0.29) is 18.6 Å². The van der Waals surface area contributed by atoms with Gasteiger partial charge in [-0.25, -0.2) is 0 Å². The van der Waals surface area contributed by atoms with Crippen LogP contribution in [0.5, 0.6) is 0 Å². The quantitative estimate of drug-likeness (QED) is 0.628. The van der Waals surface area contributed by atoms with Crippen LogP contribution in [0.2, 0.25) is 0 Å². The fourth-order valence-electron chi connectivity index (χ4n) is 4.44. The molecule has 0 aromatic carbocycles. The minimum atomic E-state index is -0.538. The number of amides is 3. The maximum atomic E-state index is 12.6. The van der Waals surface area contributed by atoms with Crippen LogP contribution in [0.4, 0.5) is 0 Å². The van der Waals surface area contributed by atoms with E-state index in [9.17, 15) is 19.5 Å². The van der Waals surface area contributed by atoms with Crippen molar-refractivity contribution in [2.24, 2.45) is 0 Å². The lowest BCUT2D eigenvalue weighted by Gasteiger charge is -2.38. The summed E-state index contributed by atoms with van der Waals surface area (Å²) in [7, 11) is 0. The number of carbonyl (C=O) groups is 3. The van der Waals surface area contributed by atoms with Gasteiger partial charge in [0.05, 0.1) is 6.10 Å². The van der Waals surface area contributed by atoms with E-state index in [2.05, 4.69) is 4.90 Å². The first-order chi connectivity index (χ1) is 12.5. The van der Waals surface area contributed by atoms with Crippen molar-refractivity contribution in [3.63, 3.8) is 0 Å². The molecule has 0 aromatic rings. The van der Waals surface area contributed by atoms with E-state index >= 15 is 0 Å². The number of aliphatic hydroxyl groups is 1. The summed E-state index contributed by atoms with van der Waals surface area (Å²) in [5.74, 6) is -1.05. The van der Waals surface area contributed by atoms with Gasteiger partial charge in [-0.15, -0.1) is 0 Å². The number of hydrogen-bond donors (Lipinski definition) is 1. The lowest BCUT2D eigenvalue weighted by molar-refractivity contribution is -0.156. The van der Waals surface area contributed by atoms with E-state index in [1.165, 1.54) is 4.90 Å². The predicted molar refractivity (Wildman–Crippen MR) is 93.1 cm³/mol. The second-order valence-corrected chi connectivity index (χ2v) is 8.01. The van der Waals surface area contributed by atoms with Gasteiger partial charge in [-0.1, -0.05) is 0 Å². The first kappa shape index (κ1) is 17.7. The van der Waals surface area contributed by atoms with Gasteiger partial charge in [-0.05, 0) is 32.1 Å². The third-order valence-corrected chi connectivity index (χ3v) is 6.18. The van der Waals surface area contributed by atoms with Crippen molar-refractivity contribution in [1.82, 2.24) is 19.6 Å². The van der Waals surface area contributed by atoms with E-state index in [4.69, 9.17) is 0 Å². The minimum absolute atomic E-state index is 0.0310. The average molecular weight is 364 g/mol. The van der Waals surface area contributed by atoms with Gasteiger partial charge in [0.15, 0.2) is 0 Å². The number of hydrogen-bond acceptors (Lipinski definition) is 5. The number of carbonyl (C=O) groups excluding carboxylic acids is 3. The third-order valence-electron chi connectivity index (χ3n) is 6.18. The molecule has 1 unspecified atom stereocenters. The van der Waals surface area contributed by atoms with Crippen molar-refractivity contribution in [3.05, 3.63) is 0 Å². The number of likely N-dealkylation sites (tertiary alicyclic amines) is 2. The molecule has 0 spiro atoms. The summed E-state index contributed by atoms with van der Waals surface area (Å²) < 4.78 is 0. The number of aliphatic hydroxyl groups excluding tert-OH is 1. The molecule has 4 fully saturated rings. The van der Waals surface area contributed by atoms with Crippen LogP contribution in [-0.2, 0) is 14.4 Å². The molecule has 3 saturated heterocycles. The lowest BCUT2D eigenvalue weighted by atomic mass is 10.0. The summed E-state index contributed by atoms with van der Waals surface area (Å²) in [6.45, 7) is 3.78. The number of rotatable bonds is 2. The van der Waals surface area contributed by atoms with Crippen molar-refractivity contribution in [1.29, 1.82) is 0 Å². The predicted octanol–water partition coefficient (Wildman–Crippen LogP) is -1.12. The summed E-state index contributed by atoms with van der Waals surface area (Å²) in [5, 5.41) is 9.68. The molecule has 3 heterocycles. The molecule has 1 N–H and O–H groups in total. The van der Waals surface area contributed by atoms with Crippen molar-refractivity contribution in [3.8, 4) is 0 Å². The van der Waals surface area contributed by atoms with Gasteiger partial charge in [0.2, 0.25) is 5.91 Å². The van der Waals surface area contributed by atoms with Crippen LogP contribution < -0.4 is 0 Å². The van der Waals surface area contributed by atoms with Crippen LogP contribution in [0.25, 0.3) is 0 Å². The molecule has 144 valence electrons. The van der Waals surface area contributed by atoms with Crippen LogP contribution in [0, 0.1) is 0 Å². The molecule has 4 aliphatic rings. The Morgan fingerprint density at radius 3 is 2.08 bits per heavy atom. The zero-order chi connectivity index (χ0) is 18.3. The highest BCUT2D eigenvalue weighted by Gasteiger charge is 2.39. The van der Waals surface area contributed by atoms with E-state index in [0.717, 1.165) is 38.6 Å². The maximum absolute atomic E-state index is 12.6. The zero-order valence-electron chi connectivity index (χ0n) is 15.2. The molecule has 3 amide bonds. The summed E-state index contributed by atoms with van der Waals surface area (Å²) in [5.41, 5.74) is 0. The van der Waals surface area contributed by atoms with Crippen molar-refractivity contribution >= 4 is 17.7 Å². The summed E-state index contributed by atoms with van der Waals surface area (Å²) >= 11 is 0. The smallest absolute Gasteiger partial charge is 0.312 e. The van der Waals surface area contributed by atoms with Gasteiger partial charge in [0.25, 0.3) is 0 Å². The van der Waals surface area contributed by atoms with Crippen LogP contribution in [0.15, 0.2) is 0 Å². The minimum Gasteiger partial charge on any atom is -0.392 e. The highest BCUT2D eigenvalue weighted by molar-refractivity contribution is 6.35. The summed E-state index contributed by atoms with van der Waals surface area (Å²) in [4.78, 5) is 44.5. The first-order valence-electron chi connectivity index (χ1n) is 9.82. The Bertz CT molecular complexity index is 586. The first-order valence-corrected chi connectivity index (χ1v) is 9.82. The van der Waals surface area contributed by atoms with Crippen LogP contribution >= 0.6 is 0 Å². The normalized spacial score (nSPS) is 28.7. The molecule has 0 bridgehead atoms. The third kappa shape index (κ3) is 3.57. The van der Waals surface area contributed by atoms with E-state index in [1.807, 2.05) is 4.90 Å². The Kier molecular flexibility index (Phi) is 4.88. The van der Waals surface area contributed by atoms with Gasteiger partial charge >= 0.3 is 11.8 Å². The standard InChI is InChI=1S/C18H28N4O4/c23-15-5-8-20(11-15)13-3-6-19(7-4-13)17(25)18(26)21-9-10-22(14-1-2-14)16(24)12-21/h13-15,23H,1-12H2. The Labute approximate surface area is 153 Å². The molecule has 1 atom stereocenters. The fourth-order valence-corrected chi connectivity index (χ4v) is 4.44. The van der Waals surface area contributed by atoms with Gasteiger partial charge in [-0.3, -0.25) is 19.3 Å². The van der Waals surface area contributed by atoms with Crippen molar-refractivity contribution < 1.29 is 19.5 Å². The molecule has 3 aliphatic heterocycles. The van der Waals surface area contributed by atoms with Gasteiger partial charge < -0.3 is 19.8 Å². The molecule has 0 aromatic heterocycles. The molecular formula is C18H28N4O4. The Morgan fingerprint density at radius 2 is 1.50 bits per heavy atom. The highest BCUT2D eigenvalue weighted by Crippen LogP contribution is 2.28. The lowest BCUT2D eigenvalue weighted by Crippen LogP contribution is -2.57. The summed E-state index contributed by atoms with van der Waals surface area (Å²) in [6.07, 6.45) is 4.37. The zero-order valence-corrected chi connectivity index (χ0v) is 15.2. The molecule has 1 aliphatic carbocycles. The molecule has 4 rings (SSSR count). The SMILES string of the molecule is O=C(C(=O)N1CCN(C2CC2)C(=O)C1)N1CCC(N2CCC(O)C2)CC1. The molecular weight excluding hydrogens is 336 g/mol. The molecule has 26 heavy (non-hydrogen) atoms. The Balaban J connectivity index is 1.26. The van der Waals surface area contributed by atoms with E-state index < -0.39 is 11.8 Å². The monoisotopic (exact) mass is 364 g/mol. The van der Waals surface area contributed by atoms with Crippen LogP contribution in [-0.4, -0.2) is 106 Å². The highest BCUT2D eigenvalue weighted by atomic mass is 16.3. The molecule has 8 nitrogen and oxygen atoms in total. The molecule has 1 saturated carbocycles. The van der Waals surface area contributed by atoms with E-state index in [1.54, 1.807) is 4.90 Å². The van der Waals surface area contributed by atoms with Gasteiger partial charge in [-0.2, -0.15) is 0 Å². The Hall–Kier alpha value is -1.67. The number of piperazine rings is 1. The largest absolute Gasteiger partial charge is 0.392 e. The van der Waals surface area contributed by atoms with E-state index in [0.29, 0.717) is 44.8 Å². The molecule has 0 radical (unpaired) electrons. The molecule has 8 heteroatoms. The average Bonchev–Trinajstić information content (AvgIpc) is 3.40. The van der Waals surface area contributed by atoms with Crippen molar-refractivity contribution in [2.75, 3.05) is 45.8 Å². The van der Waals surface area contributed by atoms with Gasteiger partial charge in [0.1, 0.15) is 6.54 Å². The Morgan fingerprint density at radius 1 is 0.808 bits per heavy atom. The second-order valence-electron chi connectivity index (χ2n) is 8.01. The fraction of sp³-hybridized carbons (Fsp3) is 0.833. The topological polar surface area (TPSA) is 84.4 Å². The van der Waals surface area contributed by atoms with Gasteiger partial charge in [0, 0.05) is 51.4 Å². The summed E-state index contributed by atoms with van der Waals surface area (Å²) in [6, 6.07) is 0.744. The van der Waals surface area contributed by atoms with Crippen LogP contribution in [0.1, 0.15) is 32.1 Å². The van der Waals surface area contributed by atoms with Crippen molar-refractivity contribution in [2.45, 2.75) is 50.3 Å². The number of β-amino-alcohol motifs (C(OH)–C–C–N with tert-alkyl or cyclic N) is 1. The maximum Gasteiger partial charge on any atom is 0.312 e. The number of piperidine rings is 1. The van der Waals surface area contributed by atoms with Crippen LogP contribution in [0.3, 0.4) is 0 Å².